The number of hydrogen-bond donors (Lipinski definition) is 0. The second-order valence-electron chi connectivity index (χ2n) is 14.2. The Labute approximate surface area is 319 Å². The van der Waals surface area contributed by atoms with Crippen molar-refractivity contribution < 1.29 is 0 Å². The highest BCUT2D eigenvalue weighted by Gasteiger charge is 2.49. The van der Waals surface area contributed by atoms with E-state index >= 15 is 0 Å². The lowest BCUT2D eigenvalue weighted by Gasteiger charge is -2.35. The zero-order valence-corrected chi connectivity index (χ0v) is 29.8. The van der Waals surface area contributed by atoms with E-state index in [4.69, 9.17) is 9.97 Å². The third-order valence-electron chi connectivity index (χ3n) is 11.3. The summed E-state index contributed by atoms with van der Waals surface area (Å²) in [6.07, 6.45) is 7.34. The highest BCUT2D eigenvalue weighted by atomic mass is 14.9. The molecule has 0 bridgehead atoms. The Balaban J connectivity index is 1.16. The van der Waals surface area contributed by atoms with E-state index in [0.29, 0.717) is 5.82 Å². The van der Waals surface area contributed by atoms with Crippen LogP contribution >= 0.6 is 0 Å². The molecule has 4 nitrogen and oxygen atoms in total. The summed E-state index contributed by atoms with van der Waals surface area (Å²) in [4.78, 5) is 19.3. The molecule has 0 unspecified atom stereocenters. The number of aromatic nitrogens is 4. The Morgan fingerprint density at radius 2 is 0.764 bits per heavy atom. The van der Waals surface area contributed by atoms with Gasteiger partial charge in [-0.15, -0.1) is 0 Å². The summed E-state index contributed by atoms with van der Waals surface area (Å²) in [7, 11) is 0. The average molecular weight is 701 g/mol. The highest BCUT2D eigenvalue weighted by molar-refractivity contribution is 5.98. The van der Waals surface area contributed by atoms with Gasteiger partial charge in [-0.05, 0) is 97.1 Å². The molecule has 1 spiro atoms. The Morgan fingerprint density at radius 1 is 0.309 bits per heavy atom. The first kappa shape index (κ1) is 31.2. The van der Waals surface area contributed by atoms with Crippen LogP contribution in [0.15, 0.2) is 195 Å². The third-order valence-corrected chi connectivity index (χ3v) is 11.3. The van der Waals surface area contributed by atoms with Crippen LogP contribution in [0.5, 0.6) is 0 Å². The van der Waals surface area contributed by atoms with Crippen LogP contribution in [0.25, 0.3) is 78.4 Å². The fourth-order valence-electron chi connectivity index (χ4n) is 8.94. The number of pyridine rings is 2. The minimum absolute atomic E-state index is 0.531. The van der Waals surface area contributed by atoms with E-state index in [1.807, 2.05) is 24.5 Å². The van der Waals surface area contributed by atoms with Gasteiger partial charge in [-0.1, -0.05) is 140 Å². The Hall–Kier alpha value is -7.30. The minimum Gasteiger partial charge on any atom is -0.264 e. The van der Waals surface area contributed by atoms with E-state index in [2.05, 4.69) is 168 Å². The molecule has 256 valence electrons. The lowest BCUT2D eigenvalue weighted by atomic mass is 9.66. The van der Waals surface area contributed by atoms with Crippen molar-refractivity contribution in [3.8, 4) is 78.4 Å². The van der Waals surface area contributed by atoms with Gasteiger partial charge in [-0.2, -0.15) is 0 Å². The SMILES string of the molecule is c1cncc(-c2ccc(-c3cc(-c4cccnc4)nc(-c4ccc5c(c4)-c4ccccc4-c4ccccc4C54c5ccccc5-c5ccccc54)n3)cc2)c1. The van der Waals surface area contributed by atoms with Crippen LogP contribution in [0.3, 0.4) is 0 Å². The molecule has 0 saturated carbocycles. The molecule has 6 aromatic carbocycles. The number of fused-ring (bicyclic) bond motifs is 12. The van der Waals surface area contributed by atoms with Crippen LogP contribution in [0.4, 0.5) is 0 Å². The Morgan fingerprint density at radius 3 is 1.35 bits per heavy atom. The topological polar surface area (TPSA) is 51.6 Å². The van der Waals surface area contributed by atoms with Crippen molar-refractivity contribution in [1.82, 2.24) is 19.9 Å². The molecule has 55 heavy (non-hydrogen) atoms. The van der Waals surface area contributed by atoms with E-state index < -0.39 is 5.41 Å². The molecule has 2 aliphatic rings. The fourth-order valence-corrected chi connectivity index (χ4v) is 8.94. The zero-order chi connectivity index (χ0) is 36.3. The molecular formula is C51H32N4. The van der Waals surface area contributed by atoms with Gasteiger partial charge in [0, 0.05) is 41.5 Å². The van der Waals surface area contributed by atoms with Crippen molar-refractivity contribution in [3.63, 3.8) is 0 Å². The summed E-state index contributed by atoms with van der Waals surface area (Å²) in [5, 5.41) is 0. The van der Waals surface area contributed by atoms with E-state index in [1.54, 1.807) is 12.4 Å². The molecule has 0 fully saturated rings. The molecule has 3 heterocycles. The van der Waals surface area contributed by atoms with Gasteiger partial charge >= 0.3 is 0 Å². The fraction of sp³-hybridized carbons (Fsp3) is 0.0196. The van der Waals surface area contributed by atoms with E-state index in [9.17, 15) is 0 Å². The quantitative estimate of drug-likeness (QED) is 0.183. The Bertz CT molecular complexity index is 2870. The standard InChI is InChI=1S/C51H32N4/c1-2-14-39-38(13-1)40-15-3-6-18-44(40)51(45-19-7-4-16-41(45)42-17-5-8-20-46(42)51)47-26-25-35(29-43(39)47)50-54-48(30-49(55-50)37-12-10-28-53-32-37)34-23-21-33(22-24-34)36-11-9-27-52-31-36/h1-32H. The predicted octanol–water partition coefficient (Wildman–Crippen LogP) is 11.9. The summed E-state index contributed by atoms with van der Waals surface area (Å²) in [6.45, 7) is 0. The molecule has 4 heteroatoms. The van der Waals surface area contributed by atoms with Crippen LogP contribution in [0.2, 0.25) is 0 Å². The highest BCUT2D eigenvalue weighted by Crippen LogP contribution is 2.61. The smallest absolute Gasteiger partial charge is 0.160 e. The van der Waals surface area contributed by atoms with Gasteiger partial charge in [0.1, 0.15) is 0 Å². The molecule has 0 saturated heterocycles. The van der Waals surface area contributed by atoms with Gasteiger partial charge in [0.05, 0.1) is 16.8 Å². The summed E-state index contributed by atoms with van der Waals surface area (Å²) in [5.41, 5.74) is 18.8. The molecule has 0 radical (unpaired) electrons. The maximum absolute atomic E-state index is 5.29. The summed E-state index contributed by atoms with van der Waals surface area (Å²) < 4.78 is 0. The molecule has 9 aromatic rings. The van der Waals surface area contributed by atoms with Gasteiger partial charge in [0.2, 0.25) is 0 Å². The van der Waals surface area contributed by atoms with E-state index in [0.717, 1.165) is 39.2 Å². The van der Waals surface area contributed by atoms with E-state index in [-0.39, 0.29) is 0 Å². The van der Waals surface area contributed by atoms with Crippen LogP contribution < -0.4 is 0 Å². The van der Waals surface area contributed by atoms with Crippen molar-refractivity contribution in [2.75, 3.05) is 0 Å². The monoisotopic (exact) mass is 700 g/mol. The van der Waals surface area contributed by atoms with Crippen LogP contribution in [0.1, 0.15) is 22.3 Å². The van der Waals surface area contributed by atoms with Gasteiger partial charge in [-0.3, -0.25) is 9.97 Å². The molecule has 0 amide bonds. The van der Waals surface area contributed by atoms with Crippen molar-refractivity contribution in [2.45, 2.75) is 5.41 Å². The third kappa shape index (κ3) is 4.78. The van der Waals surface area contributed by atoms with Crippen LogP contribution in [0, 0.1) is 0 Å². The maximum atomic E-state index is 5.29. The summed E-state index contributed by atoms with van der Waals surface area (Å²) >= 11 is 0. The molecule has 2 aliphatic carbocycles. The van der Waals surface area contributed by atoms with Gasteiger partial charge in [-0.25, -0.2) is 9.97 Å². The molecule has 0 N–H and O–H groups in total. The van der Waals surface area contributed by atoms with Crippen molar-refractivity contribution in [2.24, 2.45) is 0 Å². The number of benzene rings is 6. The second kappa shape index (κ2) is 12.4. The van der Waals surface area contributed by atoms with E-state index in [1.165, 1.54) is 55.6 Å². The number of rotatable bonds is 4. The van der Waals surface area contributed by atoms with Crippen molar-refractivity contribution in [3.05, 3.63) is 217 Å². The summed E-state index contributed by atoms with van der Waals surface area (Å²) in [5.74, 6) is 0.663. The molecule has 0 atom stereocenters. The number of hydrogen-bond acceptors (Lipinski definition) is 4. The lowest BCUT2D eigenvalue weighted by molar-refractivity contribution is 0.775. The van der Waals surface area contributed by atoms with Gasteiger partial charge in [0.15, 0.2) is 5.82 Å². The van der Waals surface area contributed by atoms with Crippen LogP contribution in [-0.2, 0) is 5.41 Å². The Kier molecular flexibility index (Phi) is 7.04. The first-order chi connectivity index (χ1) is 27.3. The molecule has 0 aliphatic heterocycles. The molecular weight excluding hydrogens is 669 g/mol. The first-order valence-electron chi connectivity index (χ1n) is 18.6. The molecule has 11 rings (SSSR count). The van der Waals surface area contributed by atoms with Gasteiger partial charge in [0.25, 0.3) is 0 Å². The average Bonchev–Trinajstić information content (AvgIpc) is 3.52. The zero-order valence-electron chi connectivity index (χ0n) is 29.8. The van der Waals surface area contributed by atoms with Crippen molar-refractivity contribution >= 4 is 0 Å². The van der Waals surface area contributed by atoms with Crippen LogP contribution in [-0.4, -0.2) is 19.9 Å². The number of nitrogens with zero attached hydrogens (tertiary/aromatic N) is 4. The summed E-state index contributed by atoms with van der Waals surface area (Å²) in [6, 6.07) is 61.2. The predicted molar refractivity (Wildman–Crippen MR) is 221 cm³/mol. The first-order valence-corrected chi connectivity index (χ1v) is 18.6. The van der Waals surface area contributed by atoms with Gasteiger partial charge < -0.3 is 0 Å². The lowest BCUT2D eigenvalue weighted by Crippen LogP contribution is -2.29. The van der Waals surface area contributed by atoms with Crippen molar-refractivity contribution in [1.29, 1.82) is 0 Å². The second-order valence-corrected chi connectivity index (χ2v) is 14.2. The molecule has 3 aromatic heterocycles. The largest absolute Gasteiger partial charge is 0.264 e. The normalized spacial score (nSPS) is 12.9. The minimum atomic E-state index is -0.531. The maximum Gasteiger partial charge on any atom is 0.160 e.